The van der Waals surface area contributed by atoms with Crippen LogP contribution in [-0.4, -0.2) is 50.3 Å². The van der Waals surface area contributed by atoms with Gasteiger partial charge in [-0.15, -0.1) is 0 Å². The zero-order valence-corrected chi connectivity index (χ0v) is 17.2. The summed E-state index contributed by atoms with van der Waals surface area (Å²) in [6.45, 7) is 6.90. The van der Waals surface area contributed by atoms with Gasteiger partial charge in [0.2, 0.25) is 0 Å². The van der Waals surface area contributed by atoms with Crippen LogP contribution in [0.1, 0.15) is 24.5 Å². The third-order valence-corrected chi connectivity index (χ3v) is 5.00. The Kier molecular flexibility index (Phi) is 7.90. The first kappa shape index (κ1) is 21.1. The molecule has 156 valence electrons. The largest absolute Gasteiger partial charge is 0.493 e. The van der Waals surface area contributed by atoms with Crippen molar-refractivity contribution in [2.75, 3.05) is 33.4 Å². The Bertz CT molecular complexity index is 773. The Morgan fingerprint density at radius 3 is 2.38 bits per heavy atom. The minimum Gasteiger partial charge on any atom is -0.493 e. The average Bonchev–Trinajstić information content (AvgIpc) is 2.77. The van der Waals surface area contributed by atoms with Crippen molar-refractivity contribution < 1.29 is 19.0 Å². The molecule has 0 spiro atoms. The maximum absolute atomic E-state index is 12.6. The summed E-state index contributed by atoms with van der Waals surface area (Å²) in [4.78, 5) is 15.0. The Morgan fingerprint density at radius 1 is 1.07 bits per heavy atom. The molecule has 1 aliphatic rings. The van der Waals surface area contributed by atoms with Crippen molar-refractivity contribution in [1.29, 1.82) is 0 Å². The Labute approximate surface area is 172 Å². The minimum absolute atomic E-state index is 0.129. The van der Waals surface area contributed by atoms with E-state index >= 15 is 0 Å². The molecule has 6 nitrogen and oxygen atoms in total. The standard InChI is InChI=1S/C23H30N2O4/c1-3-20(29-22-7-5-4-6-21(22)27-2)23(26)24-16-18-8-10-19(11-9-18)17-25-12-14-28-15-13-25/h4-11,20H,3,12-17H2,1-2H3,(H,24,26)/t20-/m0/s1. The van der Waals surface area contributed by atoms with Gasteiger partial charge >= 0.3 is 0 Å². The maximum atomic E-state index is 12.6. The molecule has 0 bridgehead atoms. The van der Waals surface area contributed by atoms with Crippen LogP contribution in [0.4, 0.5) is 0 Å². The fourth-order valence-corrected chi connectivity index (χ4v) is 3.27. The zero-order valence-electron chi connectivity index (χ0n) is 17.2. The highest BCUT2D eigenvalue weighted by Crippen LogP contribution is 2.27. The number of carbonyl (C=O) groups is 1. The second kappa shape index (κ2) is 10.8. The van der Waals surface area contributed by atoms with Crippen LogP contribution in [0.3, 0.4) is 0 Å². The summed E-state index contributed by atoms with van der Waals surface area (Å²) in [7, 11) is 1.59. The summed E-state index contributed by atoms with van der Waals surface area (Å²) in [6.07, 6.45) is 0.00873. The van der Waals surface area contributed by atoms with Crippen LogP contribution in [0.5, 0.6) is 11.5 Å². The number of benzene rings is 2. The third kappa shape index (κ3) is 6.21. The molecule has 0 saturated carbocycles. The lowest BCUT2D eigenvalue weighted by atomic mass is 10.1. The monoisotopic (exact) mass is 398 g/mol. The SMILES string of the molecule is CC[C@H](Oc1ccccc1OC)C(=O)NCc1ccc(CN2CCOCC2)cc1. The molecule has 0 radical (unpaired) electrons. The molecule has 3 rings (SSSR count). The van der Waals surface area contributed by atoms with Gasteiger partial charge in [-0.05, 0) is 29.7 Å². The van der Waals surface area contributed by atoms with Gasteiger partial charge in [0.1, 0.15) is 0 Å². The van der Waals surface area contributed by atoms with Gasteiger partial charge < -0.3 is 19.5 Å². The molecule has 0 aromatic heterocycles. The molecule has 29 heavy (non-hydrogen) atoms. The van der Waals surface area contributed by atoms with Gasteiger partial charge in [0.05, 0.1) is 20.3 Å². The fourth-order valence-electron chi connectivity index (χ4n) is 3.27. The number of rotatable bonds is 9. The molecule has 1 aliphatic heterocycles. The van der Waals surface area contributed by atoms with Crippen molar-refractivity contribution in [2.45, 2.75) is 32.5 Å². The summed E-state index contributed by atoms with van der Waals surface area (Å²) in [5.41, 5.74) is 2.34. The quantitative estimate of drug-likeness (QED) is 0.704. The molecule has 0 unspecified atom stereocenters. The van der Waals surface area contributed by atoms with Crippen LogP contribution < -0.4 is 14.8 Å². The summed E-state index contributed by atoms with van der Waals surface area (Å²) in [6, 6.07) is 15.7. The highest BCUT2D eigenvalue weighted by molar-refractivity contribution is 5.81. The number of nitrogens with one attached hydrogen (secondary N) is 1. The number of nitrogens with zero attached hydrogens (tertiary/aromatic N) is 1. The normalized spacial score (nSPS) is 15.5. The van der Waals surface area contributed by atoms with E-state index in [4.69, 9.17) is 14.2 Å². The number of carbonyl (C=O) groups excluding carboxylic acids is 1. The van der Waals surface area contributed by atoms with E-state index in [1.807, 2.05) is 31.2 Å². The van der Waals surface area contributed by atoms with Crippen LogP contribution in [0, 0.1) is 0 Å². The second-order valence-corrected chi connectivity index (χ2v) is 7.09. The van der Waals surface area contributed by atoms with Crippen LogP contribution >= 0.6 is 0 Å². The lowest BCUT2D eigenvalue weighted by molar-refractivity contribution is -0.128. The number of hydrogen-bond acceptors (Lipinski definition) is 5. The van der Waals surface area contributed by atoms with E-state index in [2.05, 4.69) is 34.5 Å². The van der Waals surface area contributed by atoms with Gasteiger partial charge in [0.15, 0.2) is 17.6 Å². The first-order chi connectivity index (χ1) is 14.2. The van der Waals surface area contributed by atoms with Crippen LogP contribution in [0.25, 0.3) is 0 Å². The highest BCUT2D eigenvalue weighted by atomic mass is 16.5. The molecule has 2 aromatic rings. The zero-order chi connectivity index (χ0) is 20.5. The van der Waals surface area contributed by atoms with Gasteiger partial charge in [0.25, 0.3) is 5.91 Å². The number of amides is 1. The van der Waals surface area contributed by atoms with Crippen LogP contribution in [0.2, 0.25) is 0 Å². The van der Waals surface area contributed by atoms with Crippen molar-refractivity contribution >= 4 is 5.91 Å². The van der Waals surface area contributed by atoms with Crippen molar-refractivity contribution in [3.05, 3.63) is 59.7 Å². The highest BCUT2D eigenvalue weighted by Gasteiger charge is 2.19. The number of ether oxygens (including phenoxy) is 3. The topological polar surface area (TPSA) is 60.0 Å². The van der Waals surface area contributed by atoms with E-state index in [-0.39, 0.29) is 5.91 Å². The molecular weight excluding hydrogens is 368 g/mol. The predicted molar refractivity (Wildman–Crippen MR) is 112 cm³/mol. The Hall–Kier alpha value is -2.57. The lowest BCUT2D eigenvalue weighted by Gasteiger charge is -2.26. The first-order valence-corrected chi connectivity index (χ1v) is 10.1. The van der Waals surface area contributed by atoms with E-state index in [1.54, 1.807) is 7.11 Å². The van der Waals surface area contributed by atoms with Crippen LogP contribution in [0.15, 0.2) is 48.5 Å². The lowest BCUT2D eigenvalue weighted by Crippen LogP contribution is -2.37. The molecule has 0 aliphatic carbocycles. The molecule has 1 heterocycles. The first-order valence-electron chi connectivity index (χ1n) is 10.1. The Morgan fingerprint density at radius 2 is 1.72 bits per heavy atom. The number of hydrogen-bond donors (Lipinski definition) is 1. The summed E-state index contributed by atoms with van der Waals surface area (Å²) >= 11 is 0. The molecule has 1 saturated heterocycles. The molecule has 1 fully saturated rings. The number of para-hydroxylation sites is 2. The molecule has 1 amide bonds. The van der Waals surface area contributed by atoms with E-state index in [0.29, 0.717) is 24.5 Å². The summed E-state index contributed by atoms with van der Waals surface area (Å²) in [5.74, 6) is 1.06. The maximum Gasteiger partial charge on any atom is 0.261 e. The van der Waals surface area contributed by atoms with Gasteiger partial charge in [0, 0.05) is 26.2 Å². The van der Waals surface area contributed by atoms with E-state index in [9.17, 15) is 4.79 Å². The van der Waals surface area contributed by atoms with Gasteiger partial charge in [-0.2, -0.15) is 0 Å². The van der Waals surface area contributed by atoms with Crippen molar-refractivity contribution in [1.82, 2.24) is 10.2 Å². The van der Waals surface area contributed by atoms with E-state index in [0.717, 1.165) is 38.4 Å². The Balaban J connectivity index is 1.50. The van der Waals surface area contributed by atoms with Gasteiger partial charge in [-0.3, -0.25) is 9.69 Å². The molecule has 1 atom stereocenters. The number of methoxy groups -OCH3 is 1. The summed E-state index contributed by atoms with van der Waals surface area (Å²) < 4.78 is 16.6. The minimum atomic E-state index is -0.563. The van der Waals surface area contributed by atoms with Crippen LogP contribution in [-0.2, 0) is 22.6 Å². The smallest absolute Gasteiger partial charge is 0.261 e. The van der Waals surface area contributed by atoms with Gasteiger partial charge in [-0.1, -0.05) is 43.3 Å². The van der Waals surface area contributed by atoms with Gasteiger partial charge in [-0.25, -0.2) is 0 Å². The van der Waals surface area contributed by atoms with Crippen molar-refractivity contribution in [3.63, 3.8) is 0 Å². The molecular formula is C23H30N2O4. The third-order valence-electron chi connectivity index (χ3n) is 5.00. The second-order valence-electron chi connectivity index (χ2n) is 7.09. The van der Waals surface area contributed by atoms with Crippen molar-refractivity contribution in [3.8, 4) is 11.5 Å². The predicted octanol–water partition coefficient (Wildman–Crippen LogP) is 3.00. The molecule has 1 N–H and O–H groups in total. The van der Waals surface area contributed by atoms with E-state index < -0.39 is 6.10 Å². The fraction of sp³-hybridized carbons (Fsp3) is 0.435. The van der Waals surface area contributed by atoms with E-state index in [1.165, 1.54) is 5.56 Å². The average molecular weight is 399 g/mol. The molecule has 6 heteroatoms. The van der Waals surface area contributed by atoms with Crippen molar-refractivity contribution in [2.24, 2.45) is 0 Å². The number of morpholine rings is 1. The molecule has 2 aromatic carbocycles. The summed E-state index contributed by atoms with van der Waals surface area (Å²) in [5, 5.41) is 2.98.